The summed E-state index contributed by atoms with van der Waals surface area (Å²) in [5.74, 6) is 1.14. The lowest BCUT2D eigenvalue weighted by Crippen LogP contribution is -2.29. The highest BCUT2D eigenvalue weighted by Crippen LogP contribution is 2.09. The Kier molecular flexibility index (Phi) is 7.03. The first-order chi connectivity index (χ1) is 9.13. The smallest absolute Gasteiger partial charge is 0.319 e. The van der Waals surface area contributed by atoms with Gasteiger partial charge in [0.25, 0.3) is 0 Å². The van der Waals surface area contributed by atoms with Gasteiger partial charge in [-0.1, -0.05) is 0 Å². The molecule has 1 rings (SSSR count). The van der Waals surface area contributed by atoms with Crippen LogP contribution in [0, 0.1) is 0 Å². The van der Waals surface area contributed by atoms with Gasteiger partial charge >= 0.3 is 6.03 Å². The number of hydrogen-bond acceptors (Lipinski definition) is 3. The van der Waals surface area contributed by atoms with Crippen LogP contribution in [0.15, 0.2) is 24.3 Å². The molecule has 0 saturated heterocycles. The maximum absolute atomic E-state index is 11.6. The lowest BCUT2D eigenvalue weighted by molar-refractivity contribution is 0.101. The largest absolute Gasteiger partial charge is 0.338 e. The lowest BCUT2D eigenvalue weighted by atomic mass is 10.1. The quantitative estimate of drug-likeness (QED) is 0.596. The van der Waals surface area contributed by atoms with Gasteiger partial charge in [0.2, 0.25) is 0 Å². The van der Waals surface area contributed by atoms with Gasteiger partial charge in [0, 0.05) is 17.8 Å². The number of benzene rings is 1. The van der Waals surface area contributed by atoms with Crippen LogP contribution in [0.5, 0.6) is 0 Å². The van der Waals surface area contributed by atoms with Crippen molar-refractivity contribution in [3.8, 4) is 0 Å². The minimum absolute atomic E-state index is 0.0183. The molecule has 19 heavy (non-hydrogen) atoms. The predicted molar refractivity (Wildman–Crippen MR) is 81.1 cm³/mol. The first-order valence-corrected chi connectivity index (χ1v) is 7.67. The summed E-state index contributed by atoms with van der Waals surface area (Å²) < 4.78 is 0. The van der Waals surface area contributed by atoms with Gasteiger partial charge in [-0.2, -0.15) is 11.8 Å². The number of Topliss-reactive ketones (excluding diaryl/α,β-unsaturated/α-hetero) is 1. The minimum atomic E-state index is -0.209. The van der Waals surface area contributed by atoms with Crippen molar-refractivity contribution in [1.82, 2.24) is 5.32 Å². The van der Waals surface area contributed by atoms with Crippen molar-refractivity contribution in [3.05, 3.63) is 29.8 Å². The summed E-state index contributed by atoms with van der Waals surface area (Å²) in [5, 5.41) is 5.53. The number of urea groups is 1. The molecule has 4 nitrogen and oxygen atoms in total. The number of carbonyl (C=O) groups is 2. The molecule has 0 aliphatic heterocycles. The first-order valence-electron chi connectivity index (χ1n) is 6.28. The average molecular weight is 280 g/mol. The Morgan fingerprint density at radius 3 is 2.42 bits per heavy atom. The Hall–Kier alpha value is -1.49. The molecule has 1 aromatic carbocycles. The second kappa shape index (κ2) is 8.58. The second-order valence-corrected chi connectivity index (χ2v) is 5.20. The Labute approximate surface area is 118 Å². The fourth-order valence-corrected chi connectivity index (χ4v) is 2.03. The van der Waals surface area contributed by atoms with E-state index in [1.54, 1.807) is 24.3 Å². The molecular formula is C14H20N2O2S. The summed E-state index contributed by atoms with van der Waals surface area (Å²) in [7, 11) is 0. The number of anilines is 1. The molecule has 0 atom stereocenters. The van der Waals surface area contributed by atoms with E-state index in [4.69, 9.17) is 0 Å². The maximum Gasteiger partial charge on any atom is 0.319 e. The molecule has 0 heterocycles. The van der Waals surface area contributed by atoms with Crippen LogP contribution in [0.3, 0.4) is 0 Å². The number of ketones is 1. The molecule has 2 amide bonds. The highest BCUT2D eigenvalue weighted by atomic mass is 32.2. The SMILES string of the molecule is CSCCCCNC(=O)Nc1ccc(C(C)=O)cc1. The van der Waals surface area contributed by atoms with E-state index in [1.807, 2.05) is 11.8 Å². The van der Waals surface area contributed by atoms with Crippen LogP contribution in [0.4, 0.5) is 10.5 Å². The van der Waals surface area contributed by atoms with Crippen LogP contribution in [0.2, 0.25) is 0 Å². The highest BCUT2D eigenvalue weighted by Gasteiger charge is 2.02. The molecule has 0 unspecified atom stereocenters. The van der Waals surface area contributed by atoms with Gasteiger partial charge in [-0.25, -0.2) is 4.79 Å². The van der Waals surface area contributed by atoms with E-state index in [0.29, 0.717) is 17.8 Å². The van der Waals surface area contributed by atoms with Gasteiger partial charge in [-0.3, -0.25) is 4.79 Å². The molecule has 0 radical (unpaired) electrons. The summed E-state index contributed by atoms with van der Waals surface area (Å²) in [6.07, 6.45) is 4.16. The Balaban J connectivity index is 2.30. The van der Waals surface area contributed by atoms with Crippen molar-refractivity contribution in [3.63, 3.8) is 0 Å². The second-order valence-electron chi connectivity index (χ2n) is 4.21. The summed E-state index contributed by atoms with van der Waals surface area (Å²) in [6.45, 7) is 2.20. The Bertz CT molecular complexity index is 418. The van der Waals surface area contributed by atoms with E-state index in [0.717, 1.165) is 18.6 Å². The number of amides is 2. The van der Waals surface area contributed by atoms with Crippen molar-refractivity contribution in [1.29, 1.82) is 0 Å². The van der Waals surface area contributed by atoms with Crippen LogP contribution in [-0.2, 0) is 0 Å². The first kappa shape index (κ1) is 15.6. The van der Waals surface area contributed by atoms with Gasteiger partial charge < -0.3 is 10.6 Å². The number of rotatable bonds is 7. The summed E-state index contributed by atoms with van der Waals surface area (Å²) >= 11 is 1.81. The van der Waals surface area contributed by atoms with E-state index >= 15 is 0 Å². The van der Waals surface area contributed by atoms with Crippen molar-refractivity contribution < 1.29 is 9.59 Å². The summed E-state index contributed by atoms with van der Waals surface area (Å²) in [4.78, 5) is 22.7. The van der Waals surface area contributed by atoms with E-state index < -0.39 is 0 Å². The van der Waals surface area contributed by atoms with Crippen LogP contribution < -0.4 is 10.6 Å². The predicted octanol–water partition coefficient (Wildman–Crippen LogP) is 3.15. The molecule has 1 aromatic rings. The molecular weight excluding hydrogens is 260 g/mol. The molecule has 0 spiro atoms. The number of carbonyl (C=O) groups excluding carboxylic acids is 2. The van der Waals surface area contributed by atoms with Gasteiger partial charge in [-0.15, -0.1) is 0 Å². The zero-order valence-corrected chi connectivity index (χ0v) is 12.2. The highest BCUT2D eigenvalue weighted by molar-refractivity contribution is 7.98. The summed E-state index contributed by atoms with van der Waals surface area (Å²) in [6, 6.07) is 6.65. The van der Waals surface area contributed by atoms with Gasteiger partial charge in [0.05, 0.1) is 0 Å². The molecule has 2 N–H and O–H groups in total. The van der Waals surface area contributed by atoms with Crippen LogP contribution in [0.1, 0.15) is 30.1 Å². The molecule has 0 fully saturated rings. The monoisotopic (exact) mass is 280 g/mol. The minimum Gasteiger partial charge on any atom is -0.338 e. The van der Waals surface area contributed by atoms with Crippen LogP contribution in [-0.4, -0.2) is 30.4 Å². The fraction of sp³-hybridized carbons (Fsp3) is 0.429. The van der Waals surface area contributed by atoms with E-state index in [1.165, 1.54) is 6.92 Å². The average Bonchev–Trinajstić information content (AvgIpc) is 2.39. The van der Waals surface area contributed by atoms with Crippen molar-refractivity contribution in [2.45, 2.75) is 19.8 Å². The number of nitrogens with one attached hydrogen (secondary N) is 2. The van der Waals surface area contributed by atoms with E-state index in [-0.39, 0.29) is 11.8 Å². The van der Waals surface area contributed by atoms with Crippen LogP contribution in [0.25, 0.3) is 0 Å². The molecule has 104 valence electrons. The van der Waals surface area contributed by atoms with Crippen molar-refractivity contribution >= 4 is 29.3 Å². The molecule has 0 aromatic heterocycles. The number of hydrogen-bond donors (Lipinski definition) is 2. The lowest BCUT2D eigenvalue weighted by Gasteiger charge is -2.07. The topological polar surface area (TPSA) is 58.2 Å². The molecule has 5 heteroatoms. The van der Waals surface area contributed by atoms with Crippen molar-refractivity contribution in [2.24, 2.45) is 0 Å². The third kappa shape index (κ3) is 6.29. The van der Waals surface area contributed by atoms with Gasteiger partial charge in [-0.05, 0) is 56.0 Å². The van der Waals surface area contributed by atoms with Crippen LogP contribution >= 0.6 is 11.8 Å². The molecule has 0 bridgehead atoms. The molecule has 0 saturated carbocycles. The van der Waals surface area contributed by atoms with Gasteiger partial charge in [0.1, 0.15) is 0 Å². The zero-order valence-electron chi connectivity index (χ0n) is 11.4. The number of unbranched alkanes of at least 4 members (excludes halogenated alkanes) is 1. The molecule has 0 aliphatic rings. The van der Waals surface area contributed by atoms with Gasteiger partial charge in [0.15, 0.2) is 5.78 Å². The number of thioether (sulfide) groups is 1. The normalized spacial score (nSPS) is 10.0. The van der Waals surface area contributed by atoms with E-state index in [9.17, 15) is 9.59 Å². The summed E-state index contributed by atoms with van der Waals surface area (Å²) in [5.41, 5.74) is 1.33. The third-order valence-corrected chi connectivity index (χ3v) is 3.31. The van der Waals surface area contributed by atoms with Crippen molar-refractivity contribution in [2.75, 3.05) is 23.9 Å². The Morgan fingerprint density at radius 1 is 1.16 bits per heavy atom. The fourth-order valence-electron chi connectivity index (χ4n) is 1.54. The molecule has 0 aliphatic carbocycles. The zero-order chi connectivity index (χ0) is 14.1. The Morgan fingerprint density at radius 2 is 1.84 bits per heavy atom. The maximum atomic E-state index is 11.6. The standard InChI is InChI=1S/C14H20N2O2S/c1-11(17)12-5-7-13(8-6-12)16-14(18)15-9-3-4-10-19-2/h5-8H,3-4,9-10H2,1-2H3,(H2,15,16,18). The van der Waals surface area contributed by atoms with E-state index in [2.05, 4.69) is 16.9 Å². The third-order valence-electron chi connectivity index (χ3n) is 2.61.